The first-order chi connectivity index (χ1) is 15.8. The van der Waals surface area contributed by atoms with Crippen LogP contribution in [0, 0.1) is 12.8 Å². The number of hydrogen-bond acceptors (Lipinski definition) is 4. The lowest BCUT2D eigenvalue weighted by Crippen LogP contribution is -2.51. The third-order valence-electron chi connectivity index (χ3n) is 5.20. The minimum absolute atomic E-state index is 0.158. The summed E-state index contributed by atoms with van der Waals surface area (Å²) in [5.74, 6) is -0.507. The number of halogens is 2. The highest BCUT2D eigenvalue weighted by Crippen LogP contribution is 2.25. The van der Waals surface area contributed by atoms with Gasteiger partial charge in [-0.2, -0.15) is 0 Å². The van der Waals surface area contributed by atoms with Gasteiger partial charge in [-0.05, 0) is 61.2 Å². The zero-order chi connectivity index (χ0) is 25.6. The Labute approximate surface area is 219 Å². The van der Waals surface area contributed by atoms with Crippen molar-refractivity contribution in [3.63, 3.8) is 0 Å². The van der Waals surface area contributed by atoms with Gasteiger partial charge in [-0.25, -0.2) is 8.42 Å². The highest BCUT2D eigenvalue weighted by Gasteiger charge is 2.30. The van der Waals surface area contributed by atoms with E-state index in [4.69, 9.17) is 0 Å². The van der Waals surface area contributed by atoms with Gasteiger partial charge in [-0.3, -0.25) is 13.9 Å². The number of rotatable bonds is 10. The molecule has 0 heterocycles. The highest BCUT2D eigenvalue weighted by molar-refractivity contribution is 9.10. The van der Waals surface area contributed by atoms with Gasteiger partial charge in [0.15, 0.2) is 0 Å². The van der Waals surface area contributed by atoms with Gasteiger partial charge >= 0.3 is 0 Å². The molecule has 1 N–H and O–H groups in total. The maximum atomic E-state index is 13.5. The van der Waals surface area contributed by atoms with Crippen LogP contribution in [0.1, 0.15) is 31.9 Å². The summed E-state index contributed by atoms with van der Waals surface area (Å²) < 4.78 is 28.0. The smallest absolute Gasteiger partial charge is 0.244 e. The van der Waals surface area contributed by atoms with Gasteiger partial charge in [-0.1, -0.05) is 57.8 Å². The average molecular weight is 617 g/mol. The number of amides is 2. The maximum absolute atomic E-state index is 13.5. The van der Waals surface area contributed by atoms with Crippen LogP contribution < -0.4 is 9.62 Å². The third-order valence-corrected chi connectivity index (χ3v) is 7.73. The van der Waals surface area contributed by atoms with Crippen molar-refractivity contribution >= 4 is 59.4 Å². The number of nitrogens with zero attached hydrogens (tertiary/aromatic N) is 2. The summed E-state index contributed by atoms with van der Waals surface area (Å²) in [6.45, 7) is 7.69. The van der Waals surface area contributed by atoms with Crippen LogP contribution in [0.25, 0.3) is 0 Å². The molecule has 0 radical (unpaired) electrons. The minimum atomic E-state index is -3.76. The fraction of sp³-hybridized carbons (Fsp3) is 0.417. The second kappa shape index (κ2) is 12.2. The third kappa shape index (κ3) is 8.09. The van der Waals surface area contributed by atoms with Crippen LogP contribution in [0.3, 0.4) is 0 Å². The van der Waals surface area contributed by atoms with Crippen LogP contribution in [0.2, 0.25) is 0 Å². The number of hydrogen-bond donors (Lipinski definition) is 1. The highest BCUT2D eigenvalue weighted by atomic mass is 79.9. The predicted octanol–water partition coefficient (Wildman–Crippen LogP) is 4.48. The Morgan fingerprint density at radius 2 is 1.74 bits per heavy atom. The molecule has 0 bridgehead atoms. The Bertz CT molecular complexity index is 1140. The van der Waals surface area contributed by atoms with E-state index in [0.717, 1.165) is 30.6 Å². The molecule has 0 saturated heterocycles. The largest absolute Gasteiger partial charge is 0.354 e. The number of nitrogens with one attached hydrogen (secondary N) is 1. The standard InChI is InChI=1S/C24H31Br2N3O4S/c1-16(2)13-27-24(31)18(4)28(14-19-7-6-8-20(25)12-19)23(30)15-29(34(5,32)33)21-9-10-22(26)17(3)11-21/h6-12,16,18H,13-15H2,1-5H3,(H,27,31). The summed E-state index contributed by atoms with van der Waals surface area (Å²) in [5.41, 5.74) is 2.04. The molecule has 0 aliphatic rings. The zero-order valence-electron chi connectivity index (χ0n) is 20.0. The van der Waals surface area contributed by atoms with Crippen LogP contribution in [0.15, 0.2) is 51.4 Å². The van der Waals surface area contributed by atoms with Crippen molar-refractivity contribution in [3.05, 3.63) is 62.5 Å². The van der Waals surface area contributed by atoms with E-state index in [1.54, 1.807) is 25.1 Å². The van der Waals surface area contributed by atoms with Gasteiger partial charge in [0.25, 0.3) is 0 Å². The Morgan fingerprint density at radius 3 is 2.29 bits per heavy atom. The molecule has 0 saturated carbocycles. The predicted molar refractivity (Wildman–Crippen MR) is 143 cm³/mol. The summed E-state index contributed by atoms with van der Waals surface area (Å²) in [4.78, 5) is 27.8. The summed E-state index contributed by atoms with van der Waals surface area (Å²) in [6.07, 6.45) is 1.06. The van der Waals surface area contributed by atoms with E-state index in [9.17, 15) is 18.0 Å². The lowest BCUT2D eigenvalue weighted by molar-refractivity contribution is -0.139. The number of carbonyl (C=O) groups is 2. The van der Waals surface area contributed by atoms with Crippen LogP contribution in [-0.2, 0) is 26.2 Å². The maximum Gasteiger partial charge on any atom is 0.244 e. The van der Waals surface area contributed by atoms with E-state index >= 15 is 0 Å². The average Bonchev–Trinajstić information content (AvgIpc) is 2.74. The van der Waals surface area contributed by atoms with Crippen LogP contribution in [0.5, 0.6) is 0 Å². The van der Waals surface area contributed by atoms with Crippen molar-refractivity contribution in [2.24, 2.45) is 5.92 Å². The molecule has 2 aromatic rings. The molecule has 186 valence electrons. The fourth-order valence-corrected chi connectivity index (χ4v) is 4.80. The van der Waals surface area contributed by atoms with Gasteiger partial charge in [0.05, 0.1) is 11.9 Å². The lowest BCUT2D eigenvalue weighted by Gasteiger charge is -2.31. The Hall–Kier alpha value is -1.91. The van der Waals surface area contributed by atoms with Gasteiger partial charge in [-0.15, -0.1) is 0 Å². The number of carbonyl (C=O) groups excluding carboxylic acids is 2. The van der Waals surface area contributed by atoms with Gasteiger partial charge in [0.1, 0.15) is 12.6 Å². The van der Waals surface area contributed by atoms with E-state index in [0.29, 0.717) is 12.2 Å². The van der Waals surface area contributed by atoms with Crippen molar-refractivity contribution in [3.8, 4) is 0 Å². The van der Waals surface area contributed by atoms with Crippen molar-refractivity contribution in [2.45, 2.75) is 40.3 Å². The first-order valence-electron chi connectivity index (χ1n) is 10.8. The molecule has 2 amide bonds. The molecule has 0 aromatic heterocycles. The molecule has 7 nitrogen and oxygen atoms in total. The van der Waals surface area contributed by atoms with Crippen molar-refractivity contribution in [1.29, 1.82) is 0 Å². The Kier molecular flexibility index (Phi) is 10.1. The summed E-state index contributed by atoms with van der Waals surface area (Å²) in [7, 11) is -3.76. The second-order valence-corrected chi connectivity index (χ2v) is 12.3. The number of aryl methyl sites for hydroxylation is 1. The molecule has 0 aliphatic carbocycles. The first kappa shape index (κ1) is 28.3. The van der Waals surface area contributed by atoms with Crippen molar-refractivity contribution < 1.29 is 18.0 Å². The molecule has 0 aliphatic heterocycles. The van der Waals surface area contributed by atoms with Crippen LogP contribution in [-0.4, -0.2) is 50.5 Å². The van der Waals surface area contributed by atoms with Crippen molar-refractivity contribution in [2.75, 3.05) is 23.7 Å². The molecule has 1 atom stereocenters. The van der Waals surface area contributed by atoms with Gasteiger partial charge < -0.3 is 10.2 Å². The molecule has 2 aromatic carbocycles. The topological polar surface area (TPSA) is 86.8 Å². The van der Waals surface area contributed by atoms with Crippen LogP contribution in [0.4, 0.5) is 5.69 Å². The Balaban J connectivity index is 2.39. The molecule has 1 unspecified atom stereocenters. The van der Waals surface area contributed by atoms with Crippen molar-refractivity contribution in [1.82, 2.24) is 10.2 Å². The monoisotopic (exact) mass is 615 g/mol. The number of sulfonamides is 1. The molecular formula is C24H31Br2N3O4S. The first-order valence-corrected chi connectivity index (χ1v) is 14.3. The van der Waals surface area contributed by atoms with E-state index < -0.39 is 28.5 Å². The summed E-state index contributed by atoms with van der Waals surface area (Å²) in [6, 6.07) is 11.7. The summed E-state index contributed by atoms with van der Waals surface area (Å²) in [5, 5.41) is 2.86. The SMILES string of the molecule is Cc1cc(N(CC(=O)N(Cc2cccc(Br)c2)C(C)C(=O)NCC(C)C)S(C)(=O)=O)ccc1Br. The lowest BCUT2D eigenvalue weighted by atomic mass is 10.1. The summed E-state index contributed by atoms with van der Waals surface area (Å²) >= 11 is 6.85. The van der Waals surface area contributed by atoms with E-state index in [2.05, 4.69) is 37.2 Å². The normalized spacial score (nSPS) is 12.4. The van der Waals surface area contributed by atoms with Gasteiger partial charge in [0.2, 0.25) is 21.8 Å². The molecular weight excluding hydrogens is 586 g/mol. The van der Waals surface area contributed by atoms with Crippen LogP contribution >= 0.6 is 31.9 Å². The number of anilines is 1. The zero-order valence-corrected chi connectivity index (χ0v) is 24.0. The van der Waals surface area contributed by atoms with Gasteiger partial charge in [0, 0.05) is 22.0 Å². The number of benzene rings is 2. The molecule has 0 spiro atoms. The molecule has 34 heavy (non-hydrogen) atoms. The van der Waals surface area contributed by atoms with E-state index in [-0.39, 0.29) is 18.4 Å². The minimum Gasteiger partial charge on any atom is -0.354 e. The fourth-order valence-electron chi connectivity index (χ4n) is 3.26. The molecule has 0 fully saturated rings. The molecule has 2 rings (SSSR count). The quantitative estimate of drug-likeness (QED) is 0.427. The van der Waals surface area contributed by atoms with E-state index in [1.807, 2.05) is 45.0 Å². The van der Waals surface area contributed by atoms with E-state index in [1.165, 1.54) is 4.90 Å². The second-order valence-electron chi connectivity index (χ2n) is 8.67. The Morgan fingerprint density at radius 1 is 1.06 bits per heavy atom. The molecule has 10 heteroatoms.